The molecule has 6 nitrogen and oxygen atoms in total. The van der Waals surface area contributed by atoms with E-state index in [1.165, 1.54) is 5.56 Å². The number of amides is 1. The number of hydrogen-bond acceptors (Lipinski definition) is 4. The van der Waals surface area contributed by atoms with Crippen LogP contribution in [-0.2, 0) is 28.9 Å². The highest BCUT2D eigenvalue weighted by Crippen LogP contribution is 2.26. The molecule has 24 heavy (non-hydrogen) atoms. The van der Waals surface area contributed by atoms with Crippen LogP contribution >= 0.6 is 0 Å². The van der Waals surface area contributed by atoms with Crippen molar-refractivity contribution < 1.29 is 14.3 Å². The fourth-order valence-electron chi connectivity index (χ4n) is 3.28. The van der Waals surface area contributed by atoms with E-state index in [1.807, 2.05) is 22.9 Å². The lowest BCUT2D eigenvalue weighted by atomic mass is 10.1. The van der Waals surface area contributed by atoms with Gasteiger partial charge in [-0.2, -0.15) is 5.10 Å². The molecule has 1 aromatic heterocycles. The Morgan fingerprint density at radius 2 is 2.29 bits per heavy atom. The molecule has 126 valence electrons. The van der Waals surface area contributed by atoms with Gasteiger partial charge in [0.05, 0.1) is 25.8 Å². The van der Waals surface area contributed by atoms with Crippen LogP contribution in [-0.4, -0.2) is 35.5 Å². The minimum absolute atomic E-state index is 0.0294. The fraction of sp³-hybridized carbons (Fsp3) is 0.444. The maximum absolute atomic E-state index is 12.4. The smallest absolute Gasteiger partial charge is 0.229 e. The average Bonchev–Trinajstić information content (AvgIpc) is 3.30. The third-order valence-electron chi connectivity index (χ3n) is 4.56. The molecule has 2 aliphatic rings. The predicted octanol–water partition coefficient (Wildman–Crippen LogP) is 2.04. The van der Waals surface area contributed by atoms with Crippen molar-refractivity contribution in [3.05, 3.63) is 41.6 Å². The zero-order chi connectivity index (χ0) is 16.4. The van der Waals surface area contributed by atoms with E-state index >= 15 is 0 Å². The van der Waals surface area contributed by atoms with Crippen LogP contribution in [0, 0.1) is 5.92 Å². The van der Waals surface area contributed by atoms with Gasteiger partial charge in [0.15, 0.2) is 0 Å². The van der Waals surface area contributed by atoms with Crippen LogP contribution in [0.2, 0.25) is 0 Å². The number of aromatic nitrogens is 2. The zero-order valence-electron chi connectivity index (χ0n) is 13.5. The number of anilines is 1. The number of nitrogens with one attached hydrogen (secondary N) is 1. The Hall–Kier alpha value is -2.34. The first-order valence-electron chi connectivity index (χ1n) is 8.42. The van der Waals surface area contributed by atoms with Crippen molar-refractivity contribution >= 4 is 11.7 Å². The lowest BCUT2D eigenvalue weighted by Crippen LogP contribution is -2.20. The van der Waals surface area contributed by atoms with Crippen LogP contribution in [0.1, 0.15) is 17.5 Å². The second-order valence-electron chi connectivity index (χ2n) is 6.39. The summed E-state index contributed by atoms with van der Waals surface area (Å²) >= 11 is 0. The van der Waals surface area contributed by atoms with E-state index in [1.54, 1.807) is 6.20 Å². The van der Waals surface area contributed by atoms with E-state index in [4.69, 9.17) is 9.47 Å². The third kappa shape index (κ3) is 3.28. The van der Waals surface area contributed by atoms with Gasteiger partial charge in [0.2, 0.25) is 5.91 Å². The highest BCUT2D eigenvalue weighted by Gasteiger charge is 2.18. The summed E-state index contributed by atoms with van der Waals surface area (Å²) in [7, 11) is 0. The molecule has 1 fully saturated rings. The number of rotatable bonds is 5. The highest BCUT2D eigenvalue weighted by molar-refractivity contribution is 5.91. The Morgan fingerprint density at radius 3 is 3.17 bits per heavy atom. The maximum Gasteiger partial charge on any atom is 0.229 e. The van der Waals surface area contributed by atoms with E-state index in [-0.39, 0.29) is 5.91 Å². The number of ether oxygens (including phenoxy) is 2. The molecular formula is C18H21N3O3. The quantitative estimate of drug-likeness (QED) is 0.913. The van der Waals surface area contributed by atoms with Gasteiger partial charge in [0, 0.05) is 31.6 Å². The monoisotopic (exact) mass is 327 g/mol. The minimum Gasteiger partial charge on any atom is -0.493 e. The molecule has 4 rings (SSSR count). The molecule has 1 N–H and O–H groups in total. The SMILES string of the molecule is O=C(Cc1ccc2c(c1)CCO2)Nc1ccnn1C[C@@H]1CCOC1. The summed E-state index contributed by atoms with van der Waals surface area (Å²) in [4.78, 5) is 12.4. The van der Waals surface area contributed by atoms with Gasteiger partial charge in [-0.25, -0.2) is 4.68 Å². The maximum atomic E-state index is 12.4. The van der Waals surface area contributed by atoms with Gasteiger partial charge in [-0.05, 0) is 23.6 Å². The number of hydrogen-bond donors (Lipinski definition) is 1. The topological polar surface area (TPSA) is 65.4 Å². The summed E-state index contributed by atoms with van der Waals surface area (Å²) in [5.74, 6) is 2.13. The largest absolute Gasteiger partial charge is 0.493 e. The Morgan fingerprint density at radius 1 is 1.33 bits per heavy atom. The van der Waals surface area contributed by atoms with Gasteiger partial charge >= 0.3 is 0 Å². The normalized spacial score (nSPS) is 19.1. The van der Waals surface area contributed by atoms with Crippen molar-refractivity contribution in [1.82, 2.24) is 9.78 Å². The molecular weight excluding hydrogens is 306 g/mol. The van der Waals surface area contributed by atoms with Gasteiger partial charge in [0.25, 0.3) is 0 Å². The summed E-state index contributed by atoms with van der Waals surface area (Å²) < 4.78 is 12.8. The lowest BCUT2D eigenvalue weighted by molar-refractivity contribution is -0.115. The van der Waals surface area contributed by atoms with Gasteiger partial charge in [-0.15, -0.1) is 0 Å². The second-order valence-corrected chi connectivity index (χ2v) is 6.39. The summed E-state index contributed by atoms with van der Waals surface area (Å²) in [6.07, 6.45) is 4.04. The minimum atomic E-state index is -0.0294. The molecule has 6 heteroatoms. The third-order valence-corrected chi connectivity index (χ3v) is 4.56. The number of nitrogens with zero attached hydrogens (tertiary/aromatic N) is 2. The van der Waals surface area contributed by atoms with E-state index in [0.717, 1.165) is 56.3 Å². The van der Waals surface area contributed by atoms with E-state index in [0.29, 0.717) is 12.3 Å². The molecule has 1 aromatic carbocycles. The Labute approximate surface area is 140 Å². The Bertz CT molecular complexity index is 735. The van der Waals surface area contributed by atoms with E-state index < -0.39 is 0 Å². The number of carbonyl (C=O) groups is 1. The standard InChI is InChI=1S/C18H21N3O3/c22-18(10-13-1-2-16-15(9-13)5-8-24-16)20-17-3-6-19-21(17)11-14-4-7-23-12-14/h1-3,6,9,14H,4-5,7-8,10-12H2,(H,20,22)/t14-/m0/s1. The van der Waals surface area contributed by atoms with Gasteiger partial charge in [0.1, 0.15) is 11.6 Å². The van der Waals surface area contributed by atoms with Gasteiger partial charge in [-0.3, -0.25) is 4.79 Å². The molecule has 2 aliphatic heterocycles. The Balaban J connectivity index is 1.38. The fourth-order valence-corrected chi connectivity index (χ4v) is 3.28. The first-order valence-corrected chi connectivity index (χ1v) is 8.42. The van der Waals surface area contributed by atoms with Crippen LogP contribution in [0.25, 0.3) is 0 Å². The molecule has 0 aliphatic carbocycles. The van der Waals surface area contributed by atoms with Crippen molar-refractivity contribution in [2.24, 2.45) is 5.92 Å². The van der Waals surface area contributed by atoms with Crippen LogP contribution < -0.4 is 10.1 Å². The van der Waals surface area contributed by atoms with Crippen molar-refractivity contribution in [3.63, 3.8) is 0 Å². The van der Waals surface area contributed by atoms with Crippen molar-refractivity contribution in [3.8, 4) is 5.75 Å². The zero-order valence-corrected chi connectivity index (χ0v) is 13.5. The first kappa shape index (κ1) is 15.2. The molecule has 0 unspecified atom stereocenters. The molecule has 0 spiro atoms. The average molecular weight is 327 g/mol. The molecule has 1 atom stereocenters. The van der Waals surface area contributed by atoms with E-state index in [2.05, 4.69) is 16.5 Å². The summed E-state index contributed by atoms with van der Waals surface area (Å²) in [5, 5.41) is 7.29. The summed E-state index contributed by atoms with van der Waals surface area (Å²) in [6, 6.07) is 7.81. The number of fused-ring (bicyclic) bond motifs is 1. The Kier molecular flexibility index (Phi) is 4.21. The van der Waals surface area contributed by atoms with Crippen LogP contribution in [0.5, 0.6) is 5.75 Å². The molecule has 3 heterocycles. The molecule has 0 saturated carbocycles. The lowest BCUT2D eigenvalue weighted by Gasteiger charge is -2.12. The number of benzene rings is 1. The molecule has 0 bridgehead atoms. The summed E-state index contributed by atoms with van der Waals surface area (Å²) in [5.41, 5.74) is 2.19. The molecule has 0 radical (unpaired) electrons. The van der Waals surface area contributed by atoms with Crippen molar-refractivity contribution in [2.75, 3.05) is 25.1 Å². The van der Waals surface area contributed by atoms with Crippen LogP contribution in [0.3, 0.4) is 0 Å². The molecule has 1 amide bonds. The van der Waals surface area contributed by atoms with Crippen LogP contribution in [0.4, 0.5) is 5.82 Å². The molecule has 1 saturated heterocycles. The number of carbonyl (C=O) groups excluding carboxylic acids is 1. The van der Waals surface area contributed by atoms with Gasteiger partial charge in [-0.1, -0.05) is 12.1 Å². The highest BCUT2D eigenvalue weighted by atomic mass is 16.5. The second kappa shape index (κ2) is 6.65. The van der Waals surface area contributed by atoms with Crippen LogP contribution in [0.15, 0.2) is 30.5 Å². The first-order chi connectivity index (χ1) is 11.8. The van der Waals surface area contributed by atoms with Crippen molar-refractivity contribution in [2.45, 2.75) is 25.8 Å². The van der Waals surface area contributed by atoms with E-state index in [9.17, 15) is 4.79 Å². The van der Waals surface area contributed by atoms with Gasteiger partial charge < -0.3 is 14.8 Å². The summed E-state index contributed by atoms with van der Waals surface area (Å²) in [6.45, 7) is 3.09. The van der Waals surface area contributed by atoms with Crippen molar-refractivity contribution in [1.29, 1.82) is 0 Å². The molecule has 2 aromatic rings. The predicted molar refractivity (Wildman–Crippen MR) is 89.1 cm³/mol.